The van der Waals surface area contributed by atoms with Gasteiger partial charge in [0.15, 0.2) is 0 Å². The summed E-state index contributed by atoms with van der Waals surface area (Å²) in [6, 6.07) is 3.77. The van der Waals surface area contributed by atoms with Crippen LogP contribution in [-0.2, 0) is 0 Å². The van der Waals surface area contributed by atoms with Crippen molar-refractivity contribution in [3.05, 3.63) is 18.3 Å². The van der Waals surface area contributed by atoms with Gasteiger partial charge in [0.1, 0.15) is 5.82 Å². The standard InChI is InChI=1S/C8H13N3/c1-3-11(2)7-4-5-8(9)10-6-7/h4-6H,3H2,1-2H3,(H2,9,10). The van der Waals surface area contributed by atoms with Crippen LogP contribution in [0.2, 0.25) is 0 Å². The number of pyridine rings is 1. The van der Waals surface area contributed by atoms with Crippen molar-refractivity contribution in [1.82, 2.24) is 4.98 Å². The average Bonchev–Trinajstić information content (AvgIpc) is 2.05. The SMILES string of the molecule is CCN(C)c1ccc(N)nc1. The van der Waals surface area contributed by atoms with Crippen LogP contribution in [0.15, 0.2) is 18.3 Å². The van der Waals surface area contributed by atoms with Crippen molar-refractivity contribution in [1.29, 1.82) is 0 Å². The van der Waals surface area contributed by atoms with Crippen LogP contribution in [0.25, 0.3) is 0 Å². The highest BCUT2D eigenvalue weighted by molar-refractivity contribution is 5.46. The second kappa shape index (κ2) is 3.23. The topological polar surface area (TPSA) is 42.1 Å². The molecule has 1 rings (SSSR count). The molecule has 3 nitrogen and oxygen atoms in total. The molecule has 0 bridgehead atoms. The predicted octanol–water partition coefficient (Wildman–Crippen LogP) is 1.12. The van der Waals surface area contributed by atoms with Crippen LogP contribution in [0.1, 0.15) is 6.92 Å². The fourth-order valence-electron chi connectivity index (χ4n) is 0.806. The Morgan fingerprint density at radius 3 is 2.73 bits per heavy atom. The second-order valence-electron chi connectivity index (χ2n) is 2.46. The molecule has 60 valence electrons. The van der Waals surface area contributed by atoms with E-state index in [1.54, 1.807) is 6.20 Å². The van der Waals surface area contributed by atoms with Gasteiger partial charge < -0.3 is 10.6 Å². The van der Waals surface area contributed by atoms with Gasteiger partial charge >= 0.3 is 0 Å². The van der Waals surface area contributed by atoms with Gasteiger partial charge in [0.05, 0.1) is 11.9 Å². The van der Waals surface area contributed by atoms with Gasteiger partial charge in [-0.3, -0.25) is 0 Å². The number of nitrogens with zero attached hydrogens (tertiary/aromatic N) is 2. The molecule has 0 radical (unpaired) electrons. The number of rotatable bonds is 2. The summed E-state index contributed by atoms with van der Waals surface area (Å²) >= 11 is 0. The Morgan fingerprint density at radius 2 is 2.27 bits per heavy atom. The molecule has 0 unspecified atom stereocenters. The fraction of sp³-hybridized carbons (Fsp3) is 0.375. The van der Waals surface area contributed by atoms with E-state index in [9.17, 15) is 0 Å². The third-order valence-corrected chi connectivity index (χ3v) is 1.69. The minimum atomic E-state index is 0.568. The molecule has 1 aromatic rings. The molecule has 0 aliphatic heterocycles. The average molecular weight is 151 g/mol. The normalized spacial score (nSPS) is 9.64. The van der Waals surface area contributed by atoms with Gasteiger partial charge in [0, 0.05) is 13.6 Å². The zero-order valence-electron chi connectivity index (χ0n) is 6.91. The fourth-order valence-corrected chi connectivity index (χ4v) is 0.806. The van der Waals surface area contributed by atoms with Gasteiger partial charge in [-0.25, -0.2) is 4.98 Å². The molecule has 0 fully saturated rings. The van der Waals surface area contributed by atoms with Crippen LogP contribution in [0.5, 0.6) is 0 Å². The predicted molar refractivity (Wildman–Crippen MR) is 47.6 cm³/mol. The molecule has 0 amide bonds. The van der Waals surface area contributed by atoms with Gasteiger partial charge in [-0.15, -0.1) is 0 Å². The zero-order chi connectivity index (χ0) is 8.27. The monoisotopic (exact) mass is 151 g/mol. The molecular weight excluding hydrogens is 138 g/mol. The van der Waals surface area contributed by atoms with E-state index >= 15 is 0 Å². The van der Waals surface area contributed by atoms with Gasteiger partial charge in [-0.05, 0) is 19.1 Å². The van der Waals surface area contributed by atoms with Crippen LogP contribution in [0, 0.1) is 0 Å². The van der Waals surface area contributed by atoms with E-state index in [0.29, 0.717) is 5.82 Å². The van der Waals surface area contributed by atoms with Crippen molar-refractivity contribution in [2.45, 2.75) is 6.92 Å². The summed E-state index contributed by atoms with van der Waals surface area (Å²) in [5.74, 6) is 0.568. The molecule has 0 saturated heterocycles. The van der Waals surface area contributed by atoms with Crippen molar-refractivity contribution in [2.24, 2.45) is 0 Å². The number of hydrogen-bond donors (Lipinski definition) is 1. The molecule has 0 aliphatic carbocycles. The number of hydrogen-bond acceptors (Lipinski definition) is 3. The number of nitrogens with two attached hydrogens (primary N) is 1. The first-order valence-corrected chi connectivity index (χ1v) is 3.66. The molecule has 1 aromatic heterocycles. The van der Waals surface area contributed by atoms with E-state index in [2.05, 4.69) is 16.8 Å². The number of nitrogen functional groups attached to an aromatic ring is 1. The van der Waals surface area contributed by atoms with Crippen LogP contribution in [0.4, 0.5) is 11.5 Å². The maximum atomic E-state index is 5.44. The van der Waals surface area contributed by atoms with Gasteiger partial charge in [-0.2, -0.15) is 0 Å². The summed E-state index contributed by atoms with van der Waals surface area (Å²) in [6.07, 6.45) is 1.78. The van der Waals surface area contributed by atoms with Crippen LogP contribution in [0.3, 0.4) is 0 Å². The lowest BCUT2D eigenvalue weighted by Gasteiger charge is -2.15. The largest absolute Gasteiger partial charge is 0.384 e. The summed E-state index contributed by atoms with van der Waals surface area (Å²) in [7, 11) is 2.02. The van der Waals surface area contributed by atoms with Crippen molar-refractivity contribution in [3.63, 3.8) is 0 Å². The second-order valence-corrected chi connectivity index (χ2v) is 2.46. The van der Waals surface area contributed by atoms with Crippen molar-refractivity contribution in [3.8, 4) is 0 Å². The van der Waals surface area contributed by atoms with Crippen LogP contribution < -0.4 is 10.6 Å². The Kier molecular flexibility index (Phi) is 2.31. The Morgan fingerprint density at radius 1 is 1.55 bits per heavy atom. The quantitative estimate of drug-likeness (QED) is 0.688. The first kappa shape index (κ1) is 7.85. The van der Waals surface area contributed by atoms with Crippen LogP contribution >= 0.6 is 0 Å². The van der Waals surface area contributed by atoms with Crippen molar-refractivity contribution in [2.75, 3.05) is 24.2 Å². The molecule has 1 heterocycles. The summed E-state index contributed by atoms with van der Waals surface area (Å²) in [6.45, 7) is 3.07. The van der Waals surface area contributed by atoms with Crippen LogP contribution in [-0.4, -0.2) is 18.6 Å². The maximum absolute atomic E-state index is 5.44. The van der Waals surface area contributed by atoms with Gasteiger partial charge in [0.2, 0.25) is 0 Å². The van der Waals surface area contributed by atoms with E-state index in [1.165, 1.54) is 0 Å². The molecule has 0 atom stereocenters. The Balaban J connectivity index is 2.81. The van der Waals surface area contributed by atoms with Crippen molar-refractivity contribution >= 4 is 11.5 Å². The molecule has 0 aliphatic rings. The maximum Gasteiger partial charge on any atom is 0.123 e. The summed E-state index contributed by atoms with van der Waals surface area (Å²) in [5.41, 5.74) is 6.54. The van der Waals surface area contributed by atoms with E-state index in [4.69, 9.17) is 5.73 Å². The molecule has 0 aromatic carbocycles. The highest BCUT2D eigenvalue weighted by Crippen LogP contribution is 2.10. The Hall–Kier alpha value is -1.25. The summed E-state index contributed by atoms with van der Waals surface area (Å²) < 4.78 is 0. The lowest BCUT2D eigenvalue weighted by molar-refractivity contribution is 0.962. The first-order chi connectivity index (χ1) is 5.24. The van der Waals surface area contributed by atoms with Crippen molar-refractivity contribution < 1.29 is 0 Å². The smallest absolute Gasteiger partial charge is 0.123 e. The Bertz CT molecular complexity index is 217. The summed E-state index contributed by atoms with van der Waals surface area (Å²) in [5, 5.41) is 0. The third kappa shape index (κ3) is 1.83. The molecular formula is C8H13N3. The molecule has 0 spiro atoms. The van der Waals surface area contributed by atoms with E-state index < -0.39 is 0 Å². The number of aromatic nitrogens is 1. The van der Waals surface area contributed by atoms with Gasteiger partial charge in [0.25, 0.3) is 0 Å². The molecule has 2 N–H and O–H groups in total. The molecule has 3 heteroatoms. The van der Waals surface area contributed by atoms with E-state index in [-0.39, 0.29) is 0 Å². The minimum Gasteiger partial charge on any atom is -0.384 e. The van der Waals surface area contributed by atoms with E-state index in [1.807, 2.05) is 19.2 Å². The minimum absolute atomic E-state index is 0.568. The lowest BCUT2D eigenvalue weighted by atomic mass is 10.4. The highest BCUT2D eigenvalue weighted by atomic mass is 15.1. The molecule has 0 saturated carbocycles. The number of anilines is 2. The van der Waals surface area contributed by atoms with E-state index in [0.717, 1.165) is 12.2 Å². The zero-order valence-corrected chi connectivity index (χ0v) is 6.91. The molecule has 11 heavy (non-hydrogen) atoms. The van der Waals surface area contributed by atoms with Gasteiger partial charge in [-0.1, -0.05) is 0 Å². The highest BCUT2D eigenvalue weighted by Gasteiger charge is 1.96. The Labute approximate surface area is 66.8 Å². The first-order valence-electron chi connectivity index (χ1n) is 3.66. The lowest BCUT2D eigenvalue weighted by Crippen LogP contribution is -2.15. The third-order valence-electron chi connectivity index (χ3n) is 1.69. The summed E-state index contributed by atoms with van der Waals surface area (Å²) in [4.78, 5) is 6.09.